The van der Waals surface area contributed by atoms with E-state index in [0.717, 1.165) is 17.6 Å². The summed E-state index contributed by atoms with van der Waals surface area (Å²) in [4.78, 5) is 0. The van der Waals surface area contributed by atoms with Crippen molar-refractivity contribution in [1.29, 1.82) is 0 Å². The Morgan fingerprint density at radius 2 is 2.06 bits per heavy atom. The molecular weight excluding hydrogens is 210 g/mol. The molecule has 0 fully saturated rings. The molecule has 92 valence electrons. The summed E-state index contributed by atoms with van der Waals surface area (Å²) in [5, 5.41) is 5.75. The SMILES string of the molecule is CCC(C)CC(N)c1nn(C)c2ccccc12. The molecule has 0 bridgehead atoms. The topological polar surface area (TPSA) is 43.8 Å². The Bertz CT molecular complexity index is 501. The van der Waals surface area contributed by atoms with Gasteiger partial charge in [0.2, 0.25) is 0 Å². The molecule has 17 heavy (non-hydrogen) atoms. The number of fused-ring (bicyclic) bond motifs is 1. The molecule has 0 amide bonds. The largest absolute Gasteiger partial charge is 0.323 e. The molecule has 2 atom stereocenters. The van der Waals surface area contributed by atoms with Crippen molar-refractivity contribution in [3.8, 4) is 0 Å². The number of aryl methyl sites for hydroxylation is 1. The van der Waals surface area contributed by atoms with Crippen molar-refractivity contribution in [2.45, 2.75) is 32.7 Å². The number of hydrogen-bond donors (Lipinski definition) is 1. The van der Waals surface area contributed by atoms with Gasteiger partial charge in [-0.3, -0.25) is 4.68 Å². The minimum Gasteiger partial charge on any atom is -0.323 e. The number of hydrogen-bond acceptors (Lipinski definition) is 2. The van der Waals surface area contributed by atoms with Crippen molar-refractivity contribution in [2.24, 2.45) is 18.7 Å². The second kappa shape index (κ2) is 4.88. The number of para-hydroxylation sites is 1. The van der Waals surface area contributed by atoms with Crippen molar-refractivity contribution >= 4 is 10.9 Å². The Balaban J connectivity index is 2.35. The van der Waals surface area contributed by atoms with Crippen molar-refractivity contribution in [3.63, 3.8) is 0 Å². The predicted octanol–water partition coefficient (Wildman–Crippen LogP) is 3.01. The highest BCUT2D eigenvalue weighted by Gasteiger charge is 2.16. The Kier molecular flexibility index (Phi) is 3.48. The lowest BCUT2D eigenvalue weighted by atomic mass is 9.96. The summed E-state index contributed by atoms with van der Waals surface area (Å²) in [6.07, 6.45) is 2.16. The summed E-state index contributed by atoms with van der Waals surface area (Å²) in [6, 6.07) is 8.31. The van der Waals surface area contributed by atoms with Gasteiger partial charge in [0.25, 0.3) is 0 Å². The van der Waals surface area contributed by atoms with Crippen LogP contribution in [0.5, 0.6) is 0 Å². The fourth-order valence-corrected chi connectivity index (χ4v) is 2.23. The van der Waals surface area contributed by atoms with Crippen LogP contribution in [0.2, 0.25) is 0 Å². The first-order valence-electron chi connectivity index (χ1n) is 6.30. The van der Waals surface area contributed by atoms with E-state index in [0.29, 0.717) is 5.92 Å². The zero-order chi connectivity index (χ0) is 12.4. The van der Waals surface area contributed by atoms with Crippen LogP contribution < -0.4 is 5.73 Å². The number of rotatable bonds is 4. The highest BCUT2D eigenvalue weighted by Crippen LogP contribution is 2.26. The van der Waals surface area contributed by atoms with Crippen LogP contribution in [-0.2, 0) is 7.05 Å². The van der Waals surface area contributed by atoms with Gasteiger partial charge in [-0.25, -0.2) is 0 Å². The average molecular weight is 231 g/mol. The number of benzene rings is 1. The maximum absolute atomic E-state index is 6.28. The Morgan fingerprint density at radius 1 is 1.35 bits per heavy atom. The van der Waals surface area contributed by atoms with E-state index < -0.39 is 0 Å². The second-order valence-corrected chi connectivity index (χ2v) is 4.88. The van der Waals surface area contributed by atoms with Gasteiger partial charge < -0.3 is 5.73 Å². The quantitative estimate of drug-likeness (QED) is 0.879. The molecule has 2 aromatic rings. The van der Waals surface area contributed by atoms with Crippen LogP contribution >= 0.6 is 0 Å². The smallest absolute Gasteiger partial charge is 0.0870 e. The van der Waals surface area contributed by atoms with Gasteiger partial charge in [-0.1, -0.05) is 38.5 Å². The van der Waals surface area contributed by atoms with Crippen LogP contribution in [0.1, 0.15) is 38.4 Å². The molecule has 0 spiro atoms. The van der Waals surface area contributed by atoms with E-state index in [2.05, 4.69) is 31.1 Å². The maximum Gasteiger partial charge on any atom is 0.0870 e. The summed E-state index contributed by atoms with van der Waals surface area (Å²) in [7, 11) is 1.97. The molecule has 2 unspecified atom stereocenters. The Morgan fingerprint density at radius 3 is 2.76 bits per heavy atom. The fraction of sp³-hybridized carbons (Fsp3) is 0.500. The van der Waals surface area contributed by atoms with Crippen molar-refractivity contribution in [1.82, 2.24) is 9.78 Å². The van der Waals surface area contributed by atoms with Gasteiger partial charge >= 0.3 is 0 Å². The van der Waals surface area contributed by atoms with Crippen molar-refractivity contribution < 1.29 is 0 Å². The first-order chi connectivity index (χ1) is 8.13. The Hall–Kier alpha value is -1.35. The molecule has 3 heteroatoms. The lowest BCUT2D eigenvalue weighted by molar-refractivity contribution is 0.455. The van der Waals surface area contributed by atoms with E-state index >= 15 is 0 Å². The molecule has 1 aromatic heterocycles. The number of aromatic nitrogens is 2. The van der Waals surface area contributed by atoms with Crippen LogP contribution in [0.4, 0.5) is 0 Å². The van der Waals surface area contributed by atoms with Crippen LogP contribution in [0.15, 0.2) is 24.3 Å². The van der Waals surface area contributed by atoms with Gasteiger partial charge in [0, 0.05) is 18.5 Å². The molecule has 1 heterocycles. The van der Waals surface area contributed by atoms with Crippen molar-refractivity contribution in [2.75, 3.05) is 0 Å². The lowest BCUT2D eigenvalue weighted by Gasteiger charge is -2.14. The lowest BCUT2D eigenvalue weighted by Crippen LogP contribution is -2.15. The summed E-state index contributed by atoms with van der Waals surface area (Å²) < 4.78 is 1.92. The molecule has 1 aromatic carbocycles. The molecule has 2 N–H and O–H groups in total. The van der Waals surface area contributed by atoms with Crippen molar-refractivity contribution in [3.05, 3.63) is 30.0 Å². The first-order valence-corrected chi connectivity index (χ1v) is 6.30. The predicted molar refractivity (Wildman–Crippen MR) is 71.7 cm³/mol. The van der Waals surface area contributed by atoms with E-state index in [1.54, 1.807) is 0 Å². The highest BCUT2D eigenvalue weighted by atomic mass is 15.3. The van der Waals surface area contributed by atoms with E-state index in [1.165, 1.54) is 11.8 Å². The van der Waals surface area contributed by atoms with E-state index in [4.69, 9.17) is 5.73 Å². The number of nitrogens with zero attached hydrogens (tertiary/aromatic N) is 2. The molecule has 0 saturated heterocycles. The molecular formula is C14H21N3. The van der Waals surface area contributed by atoms with E-state index in [-0.39, 0.29) is 6.04 Å². The summed E-state index contributed by atoms with van der Waals surface area (Å²) in [6.45, 7) is 4.44. The average Bonchev–Trinajstić information content (AvgIpc) is 2.67. The molecule has 0 radical (unpaired) electrons. The van der Waals surface area contributed by atoms with Gasteiger partial charge in [0.1, 0.15) is 0 Å². The van der Waals surface area contributed by atoms with Gasteiger partial charge in [-0.2, -0.15) is 5.10 Å². The standard InChI is InChI=1S/C14H21N3/c1-4-10(2)9-12(15)14-11-7-5-6-8-13(11)17(3)16-14/h5-8,10,12H,4,9,15H2,1-3H3. The van der Waals surface area contributed by atoms with Crippen LogP contribution in [-0.4, -0.2) is 9.78 Å². The van der Waals surface area contributed by atoms with Gasteiger partial charge in [0.15, 0.2) is 0 Å². The first kappa shape index (κ1) is 12.1. The highest BCUT2D eigenvalue weighted by molar-refractivity contribution is 5.82. The Labute approximate surface area is 103 Å². The van der Waals surface area contributed by atoms with Crippen LogP contribution in [0.3, 0.4) is 0 Å². The van der Waals surface area contributed by atoms with Gasteiger partial charge in [0.05, 0.1) is 11.2 Å². The summed E-state index contributed by atoms with van der Waals surface area (Å²) in [5.74, 6) is 0.644. The third-order valence-corrected chi connectivity index (χ3v) is 3.49. The van der Waals surface area contributed by atoms with E-state index in [9.17, 15) is 0 Å². The van der Waals surface area contributed by atoms with Crippen LogP contribution in [0.25, 0.3) is 10.9 Å². The fourth-order valence-electron chi connectivity index (χ4n) is 2.23. The molecule has 3 nitrogen and oxygen atoms in total. The summed E-state index contributed by atoms with van der Waals surface area (Å²) in [5.41, 5.74) is 8.46. The van der Waals surface area contributed by atoms with Gasteiger partial charge in [-0.05, 0) is 18.4 Å². The third-order valence-electron chi connectivity index (χ3n) is 3.49. The minimum atomic E-state index is 0.0380. The summed E-state index contributed by atoms with van der Waals surface area (Å²) >= 11 is 0. The normalized spacial score (nSPS) is 15.1. The second-order valence-electron chi connectivity index (χ2n) is 4.88. The maximum atomic E-state index is 6.28. The van der Waals surface area contributed by atoms with E-state index in [1.807, 2.05) is 23.9 Å². The molecule has 2 rings (SSSR count). The zero-order valence-electron chi connectivity index (χ0n) is 10.9. The number of nitrogens with two attached hydrogens (primary N) is 1. The molecule has 0 aliphatic carbocycles. The minimum absolute atomic E-state index is 0.0380. The molecule has 0 aliphatic heterocycles. The molecule has 0 aliphatic rings. The zero-order valence-corrected chi connectivity index (χ0v) is 10.9. The molecule has 0 saturated carbocycles. The third kappa shape index (κ3) is 2.34. The van der Waals surface area contributed by atoms with Crippen LogP contribution in [0, 0.1) is 5.92 Å². The monoisotopic (exact) mass is 231 g/mol. The van der Waals surface area contributed by atoms with Gasteiger partial charge in [-0.15, -0.1) is 0 Å².